The Bertz CT molecular complexity index is 301. The van der Waals surface area contributed by atoms with Crippen molar-refractivity contribution in [1.82, 2.24) is 4.31 Å². The molecule has 0 saturated carbocycles. The largest absolute Gasteiger partial charge is 0.469 e. The second-order valence-electron chi connectivity index (χ2n) is 3.21. The second-order valence-corrected chi connectivity index (χ2v) is 5.30. The minimum Gasteiger partial charge on any atom is -0.469 e. The SMILES string of the molecule is CCN(CCO)S(=O)(=O)CCCC(=O)OC. The smallest absolute Gasteiger partial charge is 0.305 e. The molecule has 96 valence electrons. The summed E-state index contributed by atoms with van der Waals surface area (Å²) in [7, 11) is -2.11. The molecule has 0 saturated heterocycles. The van der Waals surface area contributed by atoms with Crippen LogP contribution >= 0.6 is 0 Å². The average Bonchev–Trinajstić information content (AvgIpc) is 2.24. The summed E-state index contributed by atoms with van der Waals surface area (Å²) in [5.41, 5.74) is 0. The second kappa shape index (κ2) is 7.59. The van der Waals surface area contributed by atoms with E-state index in [0.717, 1.165) is 0 Å². The van der Waals surface area contributed by atoms with Crippen LogP contribution in [0, 0.1) is 0 Å². The Hall–Kier alpha value is -0.660. The number of hydrogen-bond acceptors (Lipinski definition) is 5. The molecular formula is C9H19NO5S. The Morgan fingerprint density at radius 2 is 2.06 bits per heavy atom. The van der Waals surface area contributed by atoms with Crippen molar-refractivity contribution >= 4 is 16.0 Å². The summed E-state index contributed by atoms with van der Waals surface area (Å²) in [6.45, 7) is 1.91. The maximum atomic E-state index is 11.7. The molecule has 0 aromatic heterocycles. The van der Waals surface area contributed by atoms with Gasteiger partial charge < -0.3 is 9.84 Å². The maximum absolute atomic E-state index is 11.7. The summed E-state index contributed by atoms with van der Waals surface area (Å²) in [6, 6.07) is 0. The number of hydrogen-bond donors (Lipinski definition) is 1. The molecule has 1 N–H and O–H groups in total. The predicted octanol–water partition coefficient (Wildman–Crippen LogP) is -0.416. The molecule has 0 atom stereocenters. The van der Waals surface area contributed by atoms with Gasteiger partial charge in [-0.3, -0.25) is 4.79 Å². The lowest BCUT2D eigenvalue weighted by atomic mass is 10.3. The summed E-state index contributed by atoms with van der Waals surface area (Å²) in [5.74, 6) is -0.518. The summed E-state index contributed by atoms with van der Waals surface area (Å²) in [5, 5.41) is 8.70. The Kier molecular flexibility index (Phi) is 7.27. The van der Waals surface area contributed by atoms with Crippen molar-refractivity contribution in [2.24, 2.45) is 0 Å². The molecular weight excluding hydrogens is 234 g/mol. The van der Waals surface area contributed by atoms with Gasteiger partial charge in [0.1, 0.15) is 0 Å². The number of aliphatic hydroxyl groups excluding tert-OH is 1. The standard InChI is InChI=1S/C9H19NO5S/c1-3-10(6-7-11)16(13,14)8-4-5-9(12)15-2/h11H,3-8H2,1-2H3. The molecule has 0 aliphatic rings. The molecule has 0 radical (unpaired) electrons. The van der Waals surface area contributed by atoms with E-state index in [0.29, 0.717) is 6.54 Å². The van der Waals surface area contributed by atoms with E-state index in [2.05, 4.69) is 4.74 Å². The molecule has 0 amide bonds. The van der Waals surface area contributed by atoms with Gasteiger partial charge in [-0.1, -0.05) is 6.92 Å². The molecule has 0 aliphatic heterocycles. The van der Waals surface area contributed by atoms with E-state index < -0.39 is 16.0 Å². The first-order valence-electron chi connectivity index (χ1n) is 5.13. The lowest BCUT2D eigenvalue weighted by Crippen LogP contribution is -2.35. The van der Waals surface area contributed by atoms with Crippen LogP contribution in [-0.2, 0) is 19.6 Å². The highest BCUT2D eigenvalue weighted by Crippen LogP contribution is 2.04. The van der Waals surface area contributed by atoms with Gasteiger partial charge in [0.05, 0.1) is 19.5 Å². The van der Waals surface area contributed by atoms with Gasteiger partial charge in [0.15, 0.2) is 0 Å². The van der Waals surface area contributed by atoms with Gasteiger partial charge in [-0.25, -0.2) is 8.42 Å². The van der Waals surface area contributed by atoms with Gasteiger partial charge in [-0.2, -0.15) is 4.31 Å². The van der Waals surface area contributed by atoms with Crippen LogP contribution in [0.15, 0.2) is 0 Å². The summed E-state index contributed by atoms with van der Waals surface area (Å²) in [6.07, 6.45) is 0.323. The molecule has 0 rings (SSSR count). The Morgan fingerprint density at radius 3 is 2.50 bits per heavy atom. The molecule has 0 heterocycles. The van der Waals surface area contributed by atoms with Crippen LogP contribution in [0.25, 0.3) is 0 Å². The molecule has 0 unspecified atom stereocenters. The zero-order chi connectivity index (χ0) is 12.6. The van der Waals surface area contributed by atoms with Crippen LogP contribution in [0.1, 0.15) is 19.8 Å². The quantitative estimate of drug-likeness (QED) is 0.594. The van der Waals surface area contributed by atoms with E-state index in [4.69, 9.17) is 5.11 Å². The number of carbonyl (C=O) groups is 1. The van der Waals surface area contributed by atoms with Gasteiger partial charge in [0.2, 0.25) is 10.0 Å². The highest BCUT2D eigenvalue weighted by molar-refractivity contribution is 7.89. The third-order valence-electron chi connectivity index (χ3n) is 2.11. The minimum absolute atomic E-state index is 0.0897. The summed E-state index contributed by atoms with van der Waals surface area (Å²) >= 11 is 0. The van der Waals surface area contributed by atoms with Gasteiger partial charge in [0, 0.05) is 19.5 Å². The van der Waals surface area contributed by atoms with Crippen LogP contribution in [0.5, 0.6) is 0 Å². The highest BCUT2D eigenvalue weighted by Gasteiger charge is 2.19. The van der Waals surface area contributed by atoms with E-state index in [9.17, 15) is 13.2 Å². The predicted molar refractivity (Wildman–Crippen MR) is 59.4 cm³/mol. The van der Waals surface area contributed by atoms with E-state index in [1.807, 2.05) is 0 Å². The normalized spacial score (nSPS) is 11.8. The number of likely N-dealkylation sites (N-methyl/N-ethyl adjacent to an activating group) is 1. The molecule has 0 fully saturated rings. The van der Waals surface area contributed by atoms with Crippen molar-refractivity contribution in [2.45, 2.75) is 19.8 Å². The molecule has 0 spiro atoms. The third-order valence-corrected chi connectivity index (χ3v) is 4.14. The minimum atomic E-state index is -3.37. The topological polar surface area (TPSA) is 83.9 Å². The van der Waals surface area contributed by atoms with E-state index in [-0.39, 0.29) is 31.7 Å². The number of methoxy groups -OCH3 is 1. The zero-order valence-corrected chi connectivity index (χ0v) is 10.5. The van der Waals surface area contributed by atoms with Crippen LogP contribution in [0.2, 0.25) is 0 Å². The highest BCUT2D eigenvalue weighted by atomic mass is 32.2. The van der Waals surface area contributed by atoms with Crippen LogP contribution in [0.3, 0.4) is 0 Å². The van der Waals surface area contributed by atoms with Crippen molar-refractivity contribution in [2.75, 3.05) is 32.6 Å². The molecule has 0 aliphatic carbocycles. The first kappa shape index (κ1) is 15.3. The van der Waals surface area contributed by atoms with E-state index in [1.165, 1.54) is 11.4 Å². The Balaban J connectivity index is 4.17. The first-order valence-corrected chi connectivity index (χ1v) is 6.74. The molecule has 7 heteroatoms. The molecule has 6 nitrogen and oxygen atoms in total. The number of esters is 1. The first-order chi connectivity index (χ1) is 7.47. The zero-order valence-electron chi connectivity index (χ0n) is 9.68. The van der Waals surface area contributed by atoms with Crippen molar-refractivity contribution < 1.29 is 23.1 Å². The summed E-state index contributed by atoms with van der Waals surface area (Å²) in [4.78, 5) is 10.8. The van der Waals surface area contributed by atoms with Gasteiger partial charge in [-0.05, 0) is 6.42 Å². The van der Waals surface area contributed by atoms with Crippen LogP contribution in [-0.4, -0.2) is 56.4 Å². The molecule has 0 aromatic rings. The Labute approximate surface area is 96.2 Å². The van der Waals surface area contributed by atoms with Gasteiger partial charge in [0.25, 0.3) is 0 Å². The maximum Gasteiger partial charge on any atom is 0.305 e. The fraction of sp³-hybridized carbons (Fsp3) is 0.889. The van der Waals surface area contributed by atoms with Crippen LogP contribution < -0.4 is 0 Å². The number of rotatable bonds is 8. The lowest BCUT2D eigenvalue weighted by molar-refractivity contribution is -0.140. The molecule has 0 bridgehead atoms. The number of sulfonamides is 1. The number of carbonyl (C=O) groups excluding carboxylic acids is 1. The van der Waals surface area contributed by atoms with Crippen molar-refractivity contribution in [3.8, 4) is 0 Å². The fourth-order valence-electron chi connectivity index (χ4n) is 1.24. The van der Waals surface area contributed by atoms with Crippen LogP contribution in [0.4, 0.5) is 0 Å². The molecule has 0 aromatic carbocycles. The van der Waals surface area contributed by atoms with E-state index in [1.54, 1.807) is 6.92 Å². The number of aliphatic hydroxyl groups is 1. The number of nitrogens with zero attached hydrogens (tertiary/aromatic N) is 1. The van der Waals surface area contributed by atoms with Crippen molar-refractivity contribution in [3.05, 3.63) is 0 Å². The van der Waals surface area contributed by atoms with Gasteiger partial charge in [-0.15, -0.1) is 0 Å². The average molecular weight is 253 g/mol. The van der Waals surface area contributed by atoms with Crippen molar-refractivity contribution in [1.29, 1.82) is 0 Å². The summed E-state index contributed by atoms with van der Waals surface area (Å²) < 4.78 is 29.0. The Morgan fingerprint density at radius 1 is 1.44 bits per heavy atom. The fourth-order valence-corrected chi connectivity index (χ4v) is 2.76. The van der Waals surface area contributed by atoms with E-state index >= 15 is 0 Å². The monoisotopic (exact) mass is 253 g/mol. The molecule has 16 heavy (non-hydrogen) atoms. The van der Waals surface area contributed by atoms with Crippen molar-refractivity contribution in [3.63, 3.8) is 0 Å². The lowest BCUT2D eigenvalue weighted by Gasteiger charge is -2.18. The number of ether oxygens (including phenoxy) is 1. The third kappa shape index (κ3) is 5.43. The van der Waals surface area contributed by atoms with Gasteiger partial charge >= 0.3 is 5.97 Å².